The number of aryl methyl sites for hydroxylation is 2. The summed E-state index contributed by atoms with van der Waals surface area (Å²) >= 11 is 0. The zero-order valence-electron chi connectivity index (χ0n) is 14.6. The van der Waals surface area contributed by atoms with Gasteiger partial charge in [0.15, 0.2) is 0 Å². The molecule has 0 bridgehead atoms. The maximum absolute atomic E-state index is 12.1. The highest BCUT2D eigenvalue weighted by Gasteiger charge is 2.12. The molecule has 0 atom stereocenters. The van der Waals surface area contributed by atoms with Crippen LogP contribution >= 0.6 is 0 Å². The van der Waals surface area contributed by atoms with E-state index in [1.165, 1.54) is 0 Å². The van der Waals surface area contributed by atoms with Gasteiger partial charge in [-0.3, -0.25) is 0 Å². The second kappa shape index (κ2) is 8.25. The third-order valence-corrected chi connectivity index (χ3v) is 5.29. The lowest BCUT2D eigenvalue weighted by molar-refractivity contribution is 0.379. The molecule has 26 heavy (non-hydrogen) atoms. The molecule has 136 valence electrons. The van der Waals surface area contributed by atoms with Crippen molar-refractivity contribution in [2.45, 2.75) is 19.8 Å². The predicted octanol–water partition coefficient (Wildman–Crippen LogP) is 2.75. The summed E-state index contributed by atoms with van der Waals surface area (Å²) in [5.41, 5.74) is 2.99. The number of hydrogen-bond acceptors (Lipinski definition) is 5. The Morgan fingerprint density at radius 1 is 1.04 bits per heavy atom. The lowest BCUT2D eigenvalue weighted by Gasteiger charge is -2.05. The van der Waals surface area contributed by atoms with Crippen LogP contribution in [0.5, 0.6) is 0 Å². The molecule has 0 aliphatic carbocycles. The highest BCUT2D eigenvalue weighted by atomic mass is 32.2. The van der Waals surface area contributed by atoms with E-state index in [0.29, 0.717) is 24.6 Å². The van der Waals surface area contributed by atoms with Crippen molar-refractivity contribution in [1.29, 1.82) is 0 Å². The molecule has 2 aromatic carbocycles. The first kappa shape index (κ1) is 18.3. The molecule has 1 heterocycles. The Kier molecular flexibility index (Phi) is 5.80. The third-order valence-electron chi connectivity index (χ3n) is 3.91. The first-order valence-electron chi connectivity index (χ1n) is 8.43. The molecule has 1 aromatic heterocycles. The van der Waals surface area contributed by atoms with Gasteiger partial charge in [0.25, 0.3) is 0 Å². The minimum atomic E-state index is -3.34. The quantitative estimate of drug-likeness (QED) is 0.658. The summed E-state index contributed by atoms with van der Waals surface area (Å²) in [6.07, 6.45) is 0.831. The fourth-order valence-corrected chi connectivity index (χ4v) is 3.60. The monoisotopic (exact) mass is 371 g/mol. The van der Waals surface area contributed by atoms with Crippen LogP contribution < -0.4 is 4.72 Å². The highest BCUT2D eigenvalue weighted by Crippen LogP contribution is 2.17. The van der Waals surface area contributed by atoms with E-state index in [-0.39, 0.29) is 12.3 Å². The maximum Gasteiger partial charge on any atom is 0.228 e. The molecule has 6 nitrogen and oxygen atoms in total. The van der Waals surface area contributed by atoms with E-state index in [9.17, 15) is 8.42 Å². The Hall–Kier alpha value is -2.51. The van der Waals surface area contributed by atoms with Crippen molar-refractivity contribution in [1.82, 2.24) is 14.9 Å². The van der Waals surface area contributed by atoms with Gasteiger partial charge in [-0.25, -0.2) is 13.1 Å². The zero-order valence-corrected chi connectivity index (χ0v) is 15.4. The van der Waals surface area contributed by atoms with Crippen molar-refractivity contribution in [2.24, 2.45) is 0 Å². The minimum Gasteiger partial charge on any atom is -0.339 e. The van der Waals surface area contributed by atoms with Gasteiger partial charge in [-0.2, -0.15) is 4.98 Å². The molecule has 0 saturated heterocycles. The van der Waals surface area contributed by atoms with Gasteiger partial charge in [-0.15, -0.1) is 0 Å². The molecule has 3 aromatic rings. The zero-order chi connectivity index (χ0) is 18.4. The third kappa shape index (κ3) is 5.24. The second-order valence-corrected chi connectivity index (χ2v) is 8.01. The average molecular weight is 371 g/mol. The van der Waals surface area contributed by atoms with E-state index in [4.69, 9.17) is 4.52 Å². The molecule has 0 saturated carbocycles. The summed E-state index contributed by atoms with van der Waals surface area (Å²) in [4.78, 5) is 4.32. The lowest BCUT2D eigenvalue weighted by atomic mass is 10.1. The van der Waals surface area contributed by atoms with Gasteiger partial charge in [-0.1, -0.05) is 59.3 Å². The largest absolute Gasteiger partial charge is 0.339 e. The van der Waals surface area contributed by atoms with Crippen LogP contribution in [-0.4, -0.2) is 30.9 Å². The van der Waals surface area contributed by atoms with Gasteiger partial charge >= 0.3 is 0 Å². The molecule has 1 N–H and O–H groups in total. The molecular formula is C19H21N3O3S. The van der Waals surface area contributed by atoms with E-state index in [1.54, 1.807) is 0 Å². The number of benzene rings is 2. The van der Waals surface area contributed by atoms with Crippen LogP contribution in [0.3, 0.4) is 0 Å². The first-order valence-corrected chi connectivity index (χ1v) is 10.1. The fourth-order valence-electron chi connectivity index (χ4n) is 2.54. The van der Waals surface area contributed by atoms with Crippen molar-refractivity contribution in [2.75, 3.05) is 12.3 Å². The average Bonchev–Trinajstić information content (AvgIpc) is 3.10. The van der Waals surface area contributed by atoms with Crippen LogP contribution in [0.25, 0.3) is 11.4 Å². The smallest absolute Gasteiger partial charge is 0.228 e. The van der Waals surface area contributed by atoms with E-state index in [1.807, 2.05) is 61.5 Å². The number of rotatable bonds is 8. The van der Waals surface area contributed by atoms with E-state index >= 15 is 0 Å². The Morgan fingerprint density at radius 2 is 1.85 bits per heavy atom. The van der Waals surface area contributed by atoms with Gasteiger partial charge in [0, 0.05) is 18.5 Å². The van der Waals surface area contributed by atoms with E-state index < -0.39 is 10.0 Å². The highest BCUT2D eigenvalue weighted by molar-refractivity contribution is 7.89. The first-order chi connectivity index (χ1) is 12.5. The van der Waals surface area contributed by atoms with Gasteiger partial charge in [-0.05, 0) is 25.0 Å². The molecule has 0 unspecified atom stereocenters. The Balaban J connectivity index is 1.50. The lowest BCUT2D eigenvalue weighted by Crippen LogP contribution is -2.29. The van der Waals surface area contributed by atoms with Crippen LogP contribution in [0.2, 0.25) is 0 Å². The van der Waals surface area contributed by atoms with Crippen LogP contribution in [0, 0.1) is 6.92 Å². The summed E-state index contributed by atoms with van der Waals surface area (Å²) in [5.74, 6) is 0.970. The minimum absolute atomic E-state index is 0.0510. The van der Waals surface area contributed by atoms with Gasteiger partial charge < -0.3 is 4.52 Å². The Morgan fingerprint density at radius 3 is 2.62 bits per heavy atom. The summed E-state index contributed by atoms with van der Waals surface area (Å²) in [6.45, 7) is 2.22. The molecule has 0 fully saturated rings. The fraction of sp³-hybridized carbons (Fsp3) is 0.263. The van der Waals surface area contributed by atoms with Crippen molar-refractivity contribution < 1.29 is 12.9 Å². The van der Waals surface area contributed by atoms with Crippen molar-refractivity contribution >= 4 is 10.0 Å². The van der Waals surface area contributed by atoms with Crippen LogP contribution in [0.4, 0.5) is 0 Å². The predicted molar refractivity (Wildman–Crippen MR) is 100 cm³/mol. The van der Waals surface area contributed by atoms with Crippen molar-refractivity contribution in [3.8, 4) is 11.4 Å². The second-order valence-electron chi connectivity index (χ2n) is 6.08. The Bertz CT molecular complexity index is 953. The summed E-state index contributed by atoms with van der Waals surface area (Å²) in [6, 6.07) is 17.4. The number of sulfonamides is 1. The van der Waals surface area contributed by atoms with Gasteiger partial charge in [0.05, 0.1) is 5.75 Å². The molecular weight excluding hydrogens is 350 g/mol. The molecule has 0 aliphatic rings. The van der Waals surface area contributed by atoms with E-state index in [2.05, 4.69) is 14.9 Å². The molecule has 3 rings (SSSR count). The van der Waals surface area contributed by atoms with Gasteiger partial charge in [0.2, 0.25) is 21.7 Å². The maximum atomic E-state index is 12.1. The number of nitrogens with one attached hydrogen (secondary N) is 1. The van der Waals surface area contributed by atoms with Crippen molar-refractivity contribution in [3.05, 3.63) is 71.6 Å². The molecule has 0 radical (unpaired) electrons. The molecule has 0 aliphatic heterocycles. The number of hydrogen-bond donors (Lipinski definition) is 1. The van der Waals surface area contributed by atoms with Crippen molar-refractivity contribution in [3.63, 3.8) is 0 Å². The molecule has 0 amide bonds. The standard InChI is InChI=1S/C19H21N3O3S/c1-15-6-5-9-17(14-15)19-21-18(25-22-19)10-12-20-26(23,24)13-11-16-7-3-2-4-8-16/h2-9,14,20H,10-13H2,1H3. The normalized spacial score (nSPS) is 11.6. The number of nitrogens with zero attached hydrogens (tertiary/aromatic N) is 2. The summed E-state index contributed by atoms with van der Waals surface area (Å²) < 4.78 is 31.9. The molecule has 7 heteroatoms. The number of aromatic nitrogens is 2. The SMILES string of the molecule is Cc1cccc(-c2noc(CCNS(=O)(=O)CCc3ccccc3)n2)c1. The Labute approximate surface area is 153 Å². The topological polar surface area (TPSA) is 85.1 Å². The summed E-state index contributed by atoms with van der Waals surface area (Å²) in [5, 5.41) is 3.96. The van der Waals surface area contributed by atoms with Crippen LogP contribution in [0.15, 0.2) is 59.1 Å². The molecule has 0 spiro atoms. The van der Waals surface area contributed by atoms with Crippen LogP contribution in [-0.2, 0) is 22.9 Å². The van der Waals surface area contributed by atoms with Crippen LogP contribution in [0.1, 0.15) is 17.0 Å². The van der Waals surface area contributed by atoms with Gasteiger partial charge in [0.1, 0.15) is 0 Å². The van der Waals surface area contributed by atoms with E-state index in [0.717, 1.165) is 16.7 Å². The summed E-state index contributed by atoms with van der Waals surface area (Å²) in [7, 11) is -3.34.